The van der Waals surface area contributed by atoms with Gasteiger partial charge in [-0.3, -0.25) is 0 Å². The van der Waals surface area contributed by atoms with Crippen molar-refractivity contribution in [2.24, 2.45) is 5.41 Å². The highest BCUT2D eigenvalue weighted by Crippen LogP contribution is 2.43. The van der Waals surface area contributed by atoms with E-state index in [4.69, 9.17) is 0 Å². The van der Waals surface area contributed by atoms with Crippen LogP contribution in [0.3, 0.4) is 0 Å². The van der Waals surface area contributed by atoms with E-state index in [0.717, 1.165) is 24.1 Å². The molecule has 0 saturated heterocycles. The van der Waals surface area contributed by atoms with Crippen molar-refractivity contribution in [2.45, 2.75) is 63.9 Å². The zero-order chi connectivity index (χ0) is 15.5. The lowest BCUT2D eigenvalue weighted by molar-refractivity contribution is 0.133. The van der Waals surface area contributed by atoms with Crippen LogP contribution in [0.5, 0.6) is 0 Å². The molecule has 0 aromatic carbocycles. The van der Waals surface area contributed by atoms with Gasteiger partial charge in [0, 0.05) is 24.0 Å². The normalized spacial score (nSPS) is 17.9. The number of nitrogens with one attached hydrogen (secondary N) is 2. The molecule has 0 spiro atoms. The highest BCUT2D eigenvalue weighted by Gasteiger charge is 2.36. The zero-order valence-electron chi connectivity index (χ0n) is 13.1. The minimum absolute atomic E-state index is 0.194. The first kappa shape index (κ1) is 16.9. The Balaban J connectivity index is 2.04. The maximum Gasteiger partial charge on any atom is 0.241 e. The quantitative estimate of drug-likeness (QED) is 0.770. The molecule has 2 N–H and O–H groups in total. The smallest absolute Gasteiger partial charge is 0.241 e. The average molecular weight is 331 g/mol. The van der Waals surface area contributed by atoms with Crippen molar-refractivity contribution >= 4 is 21.4 Å². The summed E-state index contributed by atoms with van der Waals surface area (Å²) in [5.74, 6) is 0. The van der Waals surface area contributed by atoms with Crippen LogP contribution in [0.1, 0.15) is 51.3 Å². The van der Waals surface area contributed by atoms with Gasteiger partial charge in [-0.2, -0.15) is 0 Å². The lowest BCUT2D eigenvalue weighted by Gasteiger charge is -2.41. The monoisotopic (exact) mass is 330 g/mol. The van der Waals surface area contributed by atoms with Crippen LogP contribution in [0.2, 0.25) is 0 Å². The maximum atomic E-state index is 12.5. The van der Waals surface area contributed by atoms with Gasteiger partial charge in [-0.15, -0.1) is 11.3 Å². The van der Waals surface area contributed by atoms with Gasteiger partial charge in [0.15, 0.2) is 0 Å². The Bertz CT molecular complexity index is 554. The van der Waals surface area contributed by atoms with Gasteiger partial charge < -0.3 is 5.32 Å². The summed E-state index contributed by atoms with van der Waals surface area (Å²) in [6, 6.07) is 2.05. The van der Waals surface area contributed by atoms with Gasteiger partial charge in [-0.05, 0) is 36.1 Å². The summed E-state index contributed by atoms with van der Waals surface area (Å²) < 4.78 is 27.9. The fourth-order valence-electron chi connectivity index (χ4n) is 2.65. The minimum Gasteiger partial charge on any atom is -0.310 e. The number of thiophene rings is 1. The molecule has 1 heterocycles. The Hall–Kier alpha value is -0.430. The molecular weight excluding hydrogens is 304 g/mol. The molecule has 1 aromatic heterocycles. The van der Waals surface area contributed by atoms with Crippen LogP contribution in [0.15, 0.2) is 16.3 Å². The summed E-state index contributed by atoms with van der Waals surface area (Å²) in [5.41, 5.74) is 0.194. The second-order valence-electron chi connectivity index (χ2n) is 6.28. The SMILES string of the molecule is CCC1(CNS(=O)(=O)c2ccsc2CNC(C)C)CCC1. The van der Waals surface area contributed by atoms with E-state index in [2.05, 4.69) is 30.8 Å². The highest BCUT2D eigenvalue weighted by molar-refractivity contribution is 7.89. The predicted molar refractivity (Wildman–Crippen MR) is 88.1 cm³/mol. The van der Waals surface area contributed by atoms with Crippen molar-refractivity contribution in [1.29, 1.82) is 0 Å². The van der Waals surface area contributed by atoms with Crippen LogP contribution in [0.4, 0.5) is 0 Å². The third-order valence-corrected chi connectivity index (χ3v) is 7.00. The Morgan fingerprint density at radius 1 is 1.38 bits per heavy atom. The summed E-state index contributed by atoms with van der Waals surface area (Å²) in [6.45, 7) is 7.43. The van der Waals surface area contributed by atoms with E-state index in [1.165, 1.54) is 17.8 Å². The van der Waals surface area contributed by atoms with Crippen molar-refractivity contribution in [3.63, 3.8) is 0 Å². The van der Waals surface area contributed by atoms with Crippen LogP contribution in [0.25, 0.3) is 0 Å². The second-order valence-corrected chi connectivity index (χ2v) is 9.01. The van der Waals surface area contributed by atoms with Crippen molar-refractivity contribution < 1.29 is 8.42 Å². The first-order chi connectivity index (χ1) is 9.88. The van der Waals surface area contributed by atoms with Crippen LogP contribution in [-0.2, 0) is 16.6 Å². The average Bonchev–Trinajstić information content (AvgIpc) is 2.84. The van der Waals surface area contributed by atoms with Gasteiger partial charge in [0.25, 0.3) is 0 Å². The predicted octanol–water partition coefficient (Wildman–Crippen LogP) is 3.10. The number of rotatable bonds is 8. The van der Waals surface area contributed by atoms with Gasteiger partial charge in [0.1, 0.15) is 0 Å². The summed E-state index contributed by atoms with van der Waals surface area (Å²) in [5, 5.41) is 5.14. The van der Waals surface area contributed by atoms with E-state index in [1.54, 1.807) is 6.07 Å². The van der Waals surface area contributed by atoms with Gasteiger partial charge >= 0.3 is 0 Å². The molecule has 0 bridgehead atoms. The summed E-state index contributed by atoms with van der Waals surface area (Å²) >= 11 is 1.50. The van der Waals surface area contributed by atoms with Crippen LogP contribution in [0, 0.1) is 5.41 Å². The van der Waals surface area contributed by atoms with Crippen LogP contribution in [-0.4, -0.2) is 21.0 Å². The number of sulfonamides is 1. The minimum atomic E-state index is -3.39. The Labute approximate surface area is 132 Å². The maximum absolute atomic E-state index is 12.5. The van der Waals surface area contributed by atoms with Crippen molar-refractivity contribution in [3.8, 4) is 0 Å². The number of hydrogen-bond donors (Lipinski definition) is 2. The summed E-state index contributed by atoms with van der Waals surface area (Å²) in [6.07, 6.45) is 4.54. The molecule has 1 fully saturated rings. The molecule has 1 aliphatic carbocycles. The molecule has 6 heteroatoms. The molecule has 0 amide bonds. The van der Waals surface area contributed by atoms with E-state index in [9.17, 15) is 8.42 Å². The molecule has 0 atom stereocenters. The molecule has 21 heavy (non-hydrogen) atoms. The molecule has 120 valence electrons. The molecule has 2 rings (SSSR count). The van der Waals surface area contributed by atoms with E-state index in [1.807, 2.05) is 5.38 Å². The fraction of sp³-hybridized carbons (Fsp3) is 0.733. The summed E-state index contributed by atoms with van der Waals surface area (Å²) in [7, 11) is -3.39. The van der Waals surface area contributed by atoms with Gasteiger partial charge in [-0.1, -0.05) is 27.2 Å². The summed E-state index contributed by atoms with van der Waals surface area (Å²) in [4.78, 5) is 1.32. The van der Waals surface area contributed by atoms with E-state index >= 15 is 0 Å². The standard InChI is InChI=1S/C15H26N2O2S2/c1-4-15(7-5-8-15)11-17-21(18,19)14-6-9-20-13(14)10-16-12(2)3/h6,9,12,16-17H,4-5,7-8,10-11H2,1-3H3. The van der Waals surface area contributed by atoms with Crippen LogP contribution >= 0.6 is 11.3 Å². The van der Waals surface area contributed by atoms with Crippen molar-refractivity contribution in [2.75, 3.05) is 6.54 Å². The van der Waals surface area contributed by atoms with E-state index in [-0.39, 0.29) is 5.41 Å². The highest BCUT2D eigenvalue weighted by atomic mass is 32.2. The second kappa shape index (κ2) is 6.77. The zero-order valence-corrected chi connectivity index (χ0v) is 14.7. The molecule has 1 aromatic rings. The van der Waals surface area contributed by atoms with Crippen molar-refractivity contribution in [1.82, 2.24) is 10.0 Å². The topological polar surface area (TPSA) is 58.2 Å². The first-order valence-corrected chi connectivity index (χ1v) is 10.0. The third-order valence-electron chi connectivity index (χ3n) is 4.47. The van der Waals surface area contributed by atoms with Gasteiger partial charge in [0.2, 0.25) is 10.0 Å². The molecule has 0 unspecified atom stereocenters. The number of hydrogen-bond acceptors (Lipinski definition) is 4. The fourth-order valence-corrected chi connectivity index (χ4v) is 5.20. The molecule has 1 saturated carbocycles. The molecule has 0 radical (unpaired) electrons. The lowest BCUT2D eigenvalue weighted by Crippen LogP contribution is -2.41. The van der Waals surface area contributed by atoms with Crippen molar-refractivity contribution in [3.05, 3.63) is 16.3 Å². The Morgan fingerprint density at radius 3 is 2.62 bits per heavy atom. The molecular formula is C15H26N2O2S2. The lowest BCUT2D eigenvalue weighted by atomic mass is 9.67. The van der Waals surface area contributed by atoms with Gasteiger partial charge in [0.05, 0.1) is 4.90 Å². The largest absolute Gasteiger partial charge is 0.310 e. The molecule has 0 aliphatic heterocycles. The Morgan fingerprint density at radius 2 is 2.10 bits per heavy atom. The Kier molecular flexibility index (Phi) is 5.46. The third kappa shape index (κ3) is 4.06. The van der Waals surface area contributed by atoms with E-state index in [0.29, 0.717) is 24.0 Å². The molecule has 1 aliphatic rings. The first-order valence-electron chi connectivity index (χ1n) is 7.68. The van der Waals surface area contributed by atoms with Crippen LogP contribution < -0.4 is 10.0 Å². The molecule has 4 nitrogen and oxygen atoms in total. The van der Waals surface area contributed by atoms with Gasteiger partial charge in [-0.25, -0.2) is 13.1 Å². The van der Waals surface area contributed by atoms with E-state index < -0.39 is 10.0 Å².